The van der Waals surface area contributed by atoms with Crippen molar-refractivity contribution in [3.05, 3.63) is 65.5 Å². The van der Waals surface area contributed by atoms with Crippen molar-refractivity contribution in [1.29, 1.82) is 0 Å². The van der Waals surface area contributed by atoms with Crippen LogP contribution in [0.3, 0.4) is 0 Å². The van der Waals surface area contributed by atoms with Gasteiger partial charge in [-0.1, -0.05) is 18.2 Å². The van der Waals surface area contributed by atoms with E-state index in [1.807, 2.05) is 18.2 Å². The topological polar surface area (TPSA) is 71.6 Å². The number of thiocarbonyl (C=S) groups is 1. The lowest BCUT2D eigenvalue weighted by atomic mass is 10.2. The van der Waals surface area contributed by atoms with Crippen LogP contribution < -0.4 is 25.6 Å². The molecule has 0 atom stereocenters. The Morgan fingerprint density at radius 3 is 2.85 bits per heavy atom. The summed E-state index contributed by atoms with van der Waals surface area (Å²) >= 11 is 5.10. The first kappa shape index (κ1) is 17.7. The molecule has 0 radical (unpaired) electrons. The van der Waals surface area contributed by atoms with Gasteiger partial charge in [0.25, 0.3) is 5.91 Å². The van der Waals surface area contributed by atoms with Gasteiger partial charge in [0, 0.05) is 12.6 Å². The van der Waals surface area contributed by atoms with Crippen LogP contribution in [0.5, 0.6) is 11.5 Å². The minimum absolute atomic E-state index is 0.224. The Morgan fingerprint density at radius 2 is 2.00 bits per heavy atom. The van der Waals surface area contributed by atoms with Crippen LogP contribution in [0, 0.1) is 5.82 Å². The average Bonchev–Trinajstić information content (AvgIpc) is 3.11. The molecule has 2 aromatic carbocycles. The van der Waals surface area contributed by atoms with Crippen molar-refractivity contribution < 1.29 is 18.7 Å². The minimum Gasteiger partial charge on any atom is -0.454 e. The van der Waals surface area contributed by atoms with Crippen LogP contribution >= 0.6 is 12.2 Å². The van der Waals surface area contributed by atoms with E-state index in [9.17, 15) is 9.18 Å². The molecule has 1 aliphatic heterocycles. The minimum atomic E-state index is -0.415. The van der Waals surface area contributed by atoms with E-state index in [-0.39, 0.29) is 17.7 Å². The van der Waals surface area contributed by atoms with Gasteiger partial charge in [-0.2, -0.15) is 0 Å². The monoisotopic (exact) mass is 373 g/mol. The molecule has 3 N–H and O–H groups in total. The SMILES string of the molecule is O=C(C=Cc1cccc(F)c1)NNC(=S)NCc1ccc2c(c1)OCO2. The first-order valence-electron chi connectivity index (χ1n) is 7.76. The summed E-state index contributed by atoms with van der Waals surface area (Å²) in [6, 6.07) is 11.5. The van der Waals surface area contributed by atoms with E-state index in [1.54, 1.807) is 12.1 Å². The van der Waals surface area contributed by atoms with E-state index in [0.717, 1.165) is 5.56 Å². The quantitative estimate of drug-likeness (QED) is 0.434. The summed E-state index contributed by atoms with van der Waals surface area (Å²) in [7, 11) is 0. The molecule has 6 nitrogen and oxygen atoms in total. The number of hydrogen-bond acceptors (Lipinski definition) is 4. The Morgan fingerprint density at radius 1 is 1.15 bits per heavy atom. The molecule has 8 heteroatoms. The zero-order valence-electron chi connectivity index (χ0n) is 13.6. The van der Waals surface area contributed by atoms with Crippen molar-refractivity contribution in [1.82, 2.24) is 16.2 Å². The van der Waals surface area contributed by atoms with Crippen LogP contribution in [-0.2, 0) is 11.3 Å². The van der Waals surface area contributed by atoms with E-state index < -0.39 is 5.91 Å². The van der Waals surface area contributed by atoms with Crippen molar-refractivity contribution in [3.63, 3.8) is 0 Å². The van der Waals surface area contributed by atoms with Gasteiger partial charge in [-0.05, 0) is 53.7 Å². The zero-order valence-corrected chi connectivity index (χ0v) is 14.4. The normalized spacial score (nSPS) is 12.0. The van der Waals surface area contributed by atoms with E-state index in [4.69, 9.17) is 21.7 Å². The summed E-state index contributed by atoms with van der Waals surface area (Å²) in [6.07, 6.45) is 2.78. The number of hydrazine groups is 1. The predicted molar refractivity (Wildman–Crippen MR) is 98.7 cm³/mol. The highest BCUT2D eigenvalue weighted by Gasteiger charge is 2.13. The van der Waals surface area contributed by atoms with Gasteiger partial charge in [0.15, 0.2) is 16.6 Å². The van der Waals surface area contributed by atoms with Gasteiger partial charge in [0.1, 0.15) is 5.82 Å². The van der Waals surface area contributed by atoms with Crippen molar-refractivity contribution in [2.24, 2.45) is 0 Å². The number of carbonyl (C=O) groups excluding carboxylic acids is 1. The molecular formula is C18H16FN3O3S. The summed E-state index contributed by atoms with van der Waals surface area (Å²) in [5.74, 6) is 0.631. The molecule has 0 aliphatic carbocycles. The molecule has 26 heavy (non-hydrogen) atoms. The van der Waals surface area contributed by atoms with Gasteiger partial charge in [-0.3, -0.25) is 15.6 Å². The maximum atomic E-state index is 13.1. The maximum absolute atomic E-state index is 13.1. The highest BCUT2D eigenvalue weighted by molar-refractivity contribution is 7.80. The second-order valence-electron chi connectivity index (χ2n) is 5.37. The van der Waals surface area contributed by atoms with Gasteiger partial charge >= 0.3 is 0 Å². The molecule has 1 heterocycles. The molecule has 3 rings (SSSR count). The van der Waals surface area contributed by atoms with Crippen LogP contribution in [0.4, 0.5) is 4.39 Å². The molecule has 0 aromatic heterocycles. The Hall–Kier alpha value is -3.13. The number of carbonyl (C=O) groups is 1. The number of halogens is 1. The smallest absolute Gasteiger partial charge is 0.262 e. The average molecular weight is 373 g/mol. The number of nitrogens with one attached hydrogen (secondary N) is 3. The molecule has 0 saturated carbocycles. The highest BCUT2D eigenvalue weighted by Crippen LogP contribution is 2.32. The number of benzene rings is 2. The van der Waals surface area contributed by atoms with E-state index in [2.05, 4.69) is 16.2 Å². The van der Waals surface area contributed by atoms with Gasteiger partial charge in [0.05, 0.1) is 0 Å². The molecule has 0 unspecified atom stereocenters. The first-order chi connectivity index (χ1) is 12.6. The number of rotatable bonds is 4. The Kier molecular flexibility index (Phi) is 5.65. The summed E-state index contributed by atoms with van der Waals surface area (Å²) < 4.78 is 23.6. The van der Waals surface area contributed by atoms with Gasteiger partial charge in [0.2, 0.25) is 6.79 Å². The molecule has 0 spiro atoms. The third kappa shape index (κ3) is 4.93. The molecule has 0 saturated heterocycles. The zero-order chi connectivity index (χ0) is 18.4. The Bertz CT molecular complexity index is 857. The molecule has 2 aromatic rings. The summed E-state index contributed by atoms with van der Waals surface area (Å²) in [6.45, 7) is 0.679. The maximum Gasteiger partial charge on any atom is 0.262 e. The lowest BCUT2D eigenvalue weighted by Crippen LogP contribution is -2.45. The third-order valence-electron chi connectivity index (χ3n) is 3.47. The van der Waals surface area contributed by atoms with Crippen LogP contribution in [-0.4, -0.2) is 17.8 Å². The molecular weight excluding hydrogens is 357 g/mol. The van der Waals surface area contributed by atoms with Crippen LogP contribution in [0.2, 0.25) is 0 Å². The first-order valence-corrected chi connectivity index (χ1v) is 8.17. The fourth-order valence-corrected chi connectivity index (χ4v) is 2.34. The van der Waals surface area contributed by atoms with Crippen molar-refractivity contribution in [2.75, 3.05) is 6.79 Å². The number of amides is 1. The molecule has 1 aliphatic rings. The molecule has 134 valence electrons. The lowest BCUT2D eigenvalue weighted by Gasteiger charge is -2.10. The van der Waals surface area contributed by atoms with Crippen LogP contribution in [0.1, 0.15) is 11.1 Å². The summed E-state index contributed by atoms with van der Waals surface area (Å²) in [5, 5.41) is 3.22. The van der Waals surface area contributed by atoms with E-state index in [0.29, 0.717) is 23.6 Å². The second kappa shape index (κ2) is 8.30. The van der Waals surface area contributed by atoms with Gasteiger partial charge < -0.3 is 14.8 Å². The molecule has 1 amide bonds. The van der Waals surface area contributed by atoms with Crippen molar-refractivity contribution in [2.45, 2.75) is 6.54 Å². The Balaban J connectivity index is 1.41. The number of fused-ring (bicyclic) bond motifs is 1. The van der Waals surface area contributed by atoms with Gasteiger partial charge in [-0.15, -0.1) is 0 Å². The summed E-state index contributed by atoms with van der Waals surface area (Å²) in [4.78, 5) is 11.7. The standard InChI is InChI=1S/C18H16FN3O3S/c19-14-3-1-2-12(8-14)5-7-17(23)21-22-18(26)20-10-13-4-6-15-16(9-13)25-11-24-15/h1-9H,10-11H2,(H,21,23)(H2,20,22,26). The van der Waals surface area contributed by atoms with Crippen molar-refractivity contribution >= 4 is 29.3 Å². The number of hydrogen-bond donors (Lipinski definition) is 3. The van der Waals surface area contributed by atoms with E-state index >= 15 is 0 Å². The number of ether oxygens (including phenoxy) is 2. The fraction of sp³-hybridized carbons (Fsp3) is 0.111. The van der Waals surface area contributed by atoms with Crippen LogP contribution in [0.15, 0.2) is 48.5 Å². The fourth-order valence-electron chi connectivity index (χ4n) is 2.22. The predicted octanol–water partition coefficient (Wildman–Crippen LogP) is 2.26. The molecule has 0 bridgehead atoms. The van der Waals surface area contributed by atoms with E-state index in [1.165, 1.54) is 24.3 Å². The van der Waals surface area contributed by atoms with Gasteiger partial charge in [-0.25, -0.2) is 4.39 Å². The Labute approximate surface area is 155 Å². The summed E-state index contributed by atoms with van der Waals surface area (Å²) in [5.41, 5.74) is 6.56. The lowest BCUT2D eigenvalue weighted by molar-refractivity contribution is -0.116. The third-order valence-corrected chi connectivity index (χ3v) is 3.71. The molecule has 0 fully saturated rings. The highest BCUT2D eigenvalue weighted by atomic mass is 32.1. The largest absolute Gasteiger partial charge is 0.454 e. The van der Waals surface area contributed by atoms with Crippen molar-refractivity contribution in [3.8, 4) is 11.5 Å². The second-order valence-corrected chi connectivity index (χ2v) is 5.78. The van der Waals surface area contributed by atoms with Crippen LogP contribution in [0.25, 0.3) is 6.08 Å².